The molecule has 1 aliphatic rings. The van der Waals surface area contributed by atoms with Gasteiger partial charge in [0.1, 0.15) is 5.52 Å². The predicted molar refractivity (Wildman–Crippen MR) is 115 cm³/mol. The van der Waals surface area contributed by atoms with Crippen LogP contribution in [-0.2, 0) is 7.05 Å². The van der Waals surface area contributed by atoms with Crippen LogP contribution in [0.15, 0.2) is 24.5 Å². The van der Waals surface area contributed by atoms with Crippen LogP contribution in [0.1, 0.15) is 6.92 Å². The molecule has 0 saturated carbocycles. The van der Waals surface area contributed by atoms with E-state index in [1.807, 2.05) is 6.07 Å². The molecule has 0 amide bonds. The van der Waals surface area contributed by atoms with Gasteiger partial charge < -0.3 is 20.1 Å². The second-order valence-electron chi connectivity index (χ2n) is 7.75. The van der Waals surface area contributed by atoms with Gasteiger partial charge in [0.2, 0.25) is 5.88 Å². The Kier molecular flexibility index (Phi) is 4.58. The van der Waals surface area contributed by atoms with E-state index in [-0.39, 0.29) is 16.9 Å². The van der Waals surface area contributed by atoms with E-state index in [0.717, 1.165) is 25.3 Å². The summed E-state index contributed by atoms with van der Waals surface area (Å²) in [4.78, 5) is 15.7. The maximum Gasteiger partial charge on any atom is 0.226 e. The maximum absolute atomic E-state index is 14.7. The van der Waals surface area contributed by atoms with Crippen molar-refractivity contribution in [2.24, 2.45) is 7.05 Å². The molecule has 0 spiro atoms. The standard InChI is InChI=1S/C21H22FN7O2/c1-11-9-29(5-4-23-11)13-7-15-19(24-8-13)25-20(26-21(15)31-3)14-6-12-10-28(2)27-17(12)16(22)18(14)30/h6-8,10-11,23,30H,4-5,9H2,1-3H3. The zero-order valence-electron chi connectivity index (χ0n) is 17.4. The van der Waals surface area contributed by atoms with Gasteiger partial charge in [-0.3, -0.25) is 4.68 Å². The van der Waals surface area contributed by atoms with Gasteiger partial charge in [-0.15, -0.1) is 0 Å². The number of aromatic hydroxyl groups is 1. The average Bonchev–Trinajstić information content (AvgIpc) is 3.15. The Morgan fingerprint density at radius 1 is 1.29 bits per heavy atom. The number of halogens is 1. The highest BCUT2D eigenvalue weighted by Crippen LogP contribution is 2.36. The molecule has 1 aliphatic heterocycles. The first-order valence-electron chi connectivity index (χ1n) is 10.00. The zero-order chi connectivity index (χ0) is 21.7. The van der Waals surface area contributed by atoms with Crippen molar-refractivity contribution in [2.45, 2.75) is 13.0 Å². The molecule has 4 heterocycles. The number of hydrogen-bond acceptors (Lipinski definition) is 8. The fourth-order valence-corrected chi connectivity index (χ4v) is 4.00. The molecule has 9 nitrogen and oxygen atoms in total. The highest BCUT2D eigenvalue weighted by molar-refractivity contribution is 5.90. The lowest BCUT2D eigenvalue weighted by molar-refractivity contribution is 0.402. The number of pyridine rings is 1. The maximum atomic E-state index is 14.7. The molecule has 1 unspecified atom stereocenters. The van der Waals surface area contributed by atoms with Crippen molar-refractivity contribution < 1.29 is 14.2 Å². The van der Waals surface area contributed by atoms with E-state index < -0.39 is 11.6 Å². The SMILES string of the molecule is COc1nc(-c2cc3cn(C)nc3c(F)c2O)nc2ncc(N3CCNC(C)C3)cc12. The van der Waals surface area contributed by atoms with Crippen molar-refractivity contribution in [2.75, 3.05) is 31.6 Å². The number of piperazine rings is 1. The van der Waals surface area contributed by atoms with Crippen LogP contribution in [0.2, 0.25) is 0 Å². The molecule has 2 N–H and O–H groups in total. The average molecular weight is 423 g/mol. The Labute approximate surface area is 177 Å². The van der Waals surface area contributed by atoms with Crippen LogP contribution < -0.4 is 15.0 Å². The zero-order valence-corrected chi connectivity index (χ0v) is 17.4. The summed E-state index contributed by atoms with van der Waals surface area (Å²) in [6.07, 6.45) is 3.43. The molecule has 10 heteroatoms. The van der Waals surface area contributed by atoms with E-state index in [1.54, 1.807) is 25.5 Å². The topological polar surface area (TPSA) is 101 Å². The highest BCUT2D eigenvalue weighted by Gasteiger charge is 2.22. The van der Waals surface area contributed by atoms with Gasteiger partial charge in [0.25, 0.3) is 0 Å². The van der Waals surface area contributed by atoms with Gasteiger partial charge in [-0.25, -0.2) is 14.4 Å². The van der Waals surface area contributed by atoms with Gasteiger partial charge in [0.05, 0.1) is 29.9 Å². The van der Waals surface area contributed by atoms with Gasteiger partial charge in [0, 0.05) is 44.3 Å². The summed E-state index contributed by atoms with van der Waals surface area (Å²) >= 11 is 0. The van der Waals surface area contributed by atoms with Crippen molar-refractivity contribution in [3.63, 3.8) is 0 Å². The normalized spacial score (nSPS) is 16.9. The number of methoxy groups -OCH3 is 1. The first-order chi connectivity index (χ1) is 14.9. The number of hydrogen-bond donors (Lipinski definition) is 2. The number of aromatic nitrogens is 5. The number of anilines is 1. The van der Waals surface area contributed by atoms with Crippen LogP contribution in [0.25, 0.3) is 33.3 Å². The summed E-state index contributed by atoms with van der Waals surface area (Å²) in [5, 5.41) is 19.1. The monoisotopic (exact) mass is 423 g/mol. The number of phenolic OH excluding ortho intramolecular Hbond substituents is 1. The van der Waals surface area contributed by atoms with Crippen molar-refractivity contribution in [3.8, 4) is 23.0 Å². The second-order valence-corrected chi connectivity index (χ2v) is 7.75. The number of benzene rings is 1. The van der Waals surface area contributed by atoms with Gasteiger partial charge >= 0.3 is 0 Å². The number of fused-ring (bicyclic) bond motifs is 2. The first-order valence-corrected chi connectivity index (χ1v) is 10.00. The van der Waals surface area contributed by atoms with E-state index in [9.17, 15) is 9.50 Å². The molecule has 1 saturated heterocycles. The third kappa shape index (κ3) is 3.28. The number of nitrogens with one attached hydrogen (secondary N) is 1. The van der Waals surface area contributed by atoms with E-state index >= 15 is 0 Å². The van der Waals surface area contributed by atoms with Crippen LogP contribution in [0.3, 0.4) is 0 Å². The second kappa shape index (κ2) is 7.31. The molecule has 5 rings (SSSR count). The third-order valence-corrected chi connectivity index (χ3v) is 5.50. The molecule has 160 valence electrons. The third-order valence-electron chi connectivity index (χ3n) is 5.50. The summed E-state index contributed by atoms with van der Waals surface area (Å²) in [5.74, 6) is -0.933. The summed E-state index contributed by atoms with van der Waals surface area (Å²) in [6.45, 7) is 4.78. The number of ether oxygens (including phenoxy) is 1. The first kappa shape index (κ1) is 19.4. The Hall–Kier alpha value is -3.53. The molecule has 1 aromatic carbocycles. The van der Waals surface area contributed by atoms with Crippen molar-refractivity contribution in [1.29, 1.82) is 0 Å². The molecule has 0 bridgehead atoms. The fraction of sp³-hybridized carbons (Fsp3) is 0.333. The predicted octanol–water partition coefficient (Wildman–Crippen LogP) is 2.23. The van der Waals surface area contributed by atoms with Crippen LogP contribution in [0, 0.1) is 5.82 Å². The number of nitrogens with zero attached hydrogens (tertiary/aromatic N) is 6. The summed E-state index contributed by atoms with van der Waals surface area (Å²) in [7, 11) is 3.20. The Balaban J connectivity index is 1.63. The number of rotatable bonds is 3. The minimum Gasteiger partial charge on any atom is -0.504 e. The fourth-order valence-electron chi connectivity index (χ4n) is 4.00. The van der Waals surface area contributed by atoms with Crippen molar-refractivity contribution in [1.82, 2.24) is 30.0 Å². The van der Waals surface area contributed by atoms with Gasteiger partial charge in [-0.1, -0.05) is 0 Å². The minimum absolute atomic E-state index is 0.0875. The van der Waals surface area contributed by atoms with E-state index in [2.05, 4.69) is 37.2 Å². The van der Waals surface area contributed by atoms with Crippen molar-refractivity contribution >= 4 is 27.6 Å². The molecular formula is C21H22FN7O2. The van der Waals surface area contributed by atoms with Crippen LogP contribution in [0.5, 0.6) is 11.6 Å². The summed E-state index contributed by atoms with van der Waals surface area (Å²) < 4.78 is 21.7. The Morgan fingerprint density at radius 2 is 2.13 bits per heavy atom. The Bertz CT molecular complexity index is 1310. The lowest BCUT2D eigenvalue weighted by Crippen LogP contribution is -2.49. The largest absolute Gasteiger partial charge is 0.504 e. The molecular weight excluding hydrogens is 401 g/mol. The molecule has 0 aliphatic carbocycles. The van der Waals surface area contributed by atoms with Gasteiger partial charge in [0.15, 0.2) is 23.0 Å². The summed E-state index contributed by atoms with van der Waals surface area (Å²) in [6, 6.07) is 3.94. The molecule has 1 fully saturated rings. The smallest absolute Gasteiger partial charge is 0.226 e. The Morgan fingerprint density at radius 3 is 2.90 bits per heavy atom. The number of aryl methyl sites for hydroxylation is 1. The van der Waals surface area contributed by atoms with Gasteiger partial charge in [-0.2, -0.15) is 10.1 Å². The lowest BCUT2D eigenvalue weighted by Gasteiger charge is -2.33. The van der Waals surface area contributed by atoms with E-state index in [4.69, 9.17) is 4.74 Å². The molecule has 4 aromatic rings. The molecule has 1 atom stereocenters. The summed E-state index contributed by atoms with van der Waals surface area (Å²) in [5.41, 5.74) is 1.60. The van der Waals surface area contributed by atoms with E-state index in [1.165, 1.54) is 11.8 Å². The highest BCUT2D eigenvalue weighted by atomic mass is 19.1. The lowest BCUT2D eigenvalue weighted by atomic mass is 10.1. The molecule has 31 heavy (non-hydrogen) atoms. The quantitative estimate of drug-likeness (QED) is 0.517. The molecule has 3 aromatic heterocycles. The van der Waals surface area contributed by atoms with Crippen LogP contribution in [-0.4, -0.2) is 62.6 Å². The van der Waals surface area contributed by atoms with Crippen LogP contribution >= 0.6 is 0 Å². The van der Waals surface area contributed by atoms with Crippen molar-refractivity contribution in [3.05, 3.63) is 30.3 Å². The number of phenols is 1. The molecule has 0 radical (unpaired) electrons. The minimum atomic E-state index is -0.813. The van der Waals surface area contributed by atoms with E-state index in [0.29, 0.717) is 28.3 Å². The van der Waals surface area contributed by atoms with Gasteiger partial charge in [-0.05, 0) is 19.1 Å². The van der Waals surface area contributed by atoms with Crippen LogP contribution in [0.4, 0.5) is 10.1 Å².